The quantitative estimate of drug-likeness (QED) is 0.802. The van der Waals surface area contributed by atoms with Gasteiger partial charge < -0.3 is 5.73 Å². The molecule has 2 N–H and O–H groups in total. The predicted octanol–water partition coefficient (Wildman–Crippen LogP) is 2.90. The van der Waals surface area contributed by atoms with Gasteiger partial charge in [-0.25, -0.2) is 0 Å². The van der Waals surface area contributed by atoms with Crippen LogP contribution in [0.15, 0.2) is 28.7 Å². The van der Waals surface area contributed by atoms with Gasteiger partial charge in [0.25, 0.3) is 0 Å². The van der Waals surface area contributed by atoms with E-state index in [1.165, 1.54) is 5.56 Å². The lowest BCUT2D eigenvalue weighted by molar-refractivity contribution is 0.599. The van der Waals surface area contributed by atoms with Crippen LogP contribution in [0.3, 0.4) is 0 Å². The molecule has 1 aromatic rings. The van der Waals surface area contributed by atoms with Crippen LogP contribution in [0.5, 0.6) is 0 Å². The fourth-order valence-electron chi connectivity index (χ4n) is 1.98. The van der Waals surface area contributed by atoms with Crippen LogP contribution < -0.4 is 5.73 Å². The molecule has 0 amide bonds. The molecule has 2 rings (SSSR count). The maximum Gasteiger partial charge on any atom is 0.0175 e. The van der Waals surface area contributed by atoms with E-state index in [4.69, 9.17) is 5.73 Å². The Morgan fingerprint density at radius 1 is 1.23 bits per heavy atom. The third-order valence-corrected chi connectivity index (χ3v) is 3.67. The van der Waals surface area contributed by atoms with E-state index in [2.05, 4.69) is 54.0 Å². The van der Waals surface area contributed by atoms with Gasteiger partial charge in [-0.1, -0.05) is 41.9 Å². The SMILES string of the molecule is CC1(C)C(N)C1c1ccc(Br)cc1. The second-order valence-electron chi connectivity index (χ2n) is 4.38. The van der Waals surface area contributed by atoms with Crippen molar-refractivity contribution in [2.24, 2.45) is 11.1 Å². The van der Waals surface area contributed by atoms with Crippen LogP contribution in [0.2, 0.25) is 0 Å². The van der Waals surface area contributed by atoms with Crippen LogP contribution in [-0.4, -0.2) is 6.04 Å². The van der Waals surface area contributed by atoms with Crippen molar-refractivity contribution in [2.45, 2.75) is 25.8 Å². The largest absolute Gasteiger partial charge is 0.327 e. The first-order valence-electron chi connectivity index (χ1n) is 4.54. The second kappa shape index (κ2) is 2.82. The predicted molar refractivity (Wildman–Crippen MR) is 58.6 cm³/mol. The van der Waals surface area contributed by atoms with Crippen LogP contribution in [0.4, 0.5) is 0 Å². The van der Waals surface area contributed by atoms with Crippen LogP contribution in [0, 0.1) is 5.41 Å². The molecule has 0 aromatic heterocycles. The monoisotopic (exact) mass is 239 g/mol. The first-order valence-corrected chi connectivity index (χ1v) is 5.34. The van der Waals surface area contributed by atoms with Crippen molar-refractivity contribution in [1.82, 2.24) is 0 Å². The van der Waals surface area contributed by atoms with Crippen molar-refractivity contribution in [3.8, 4) is 0 Å². The average Bonchev–Trinajstić information content (AvgIpc) is 2.55. The number of halogens is 1. The van der Waals surface area contributed by atoms with Gasteiger partial charge in [-0.05, 0) is 23.1 Å². The molecule has 0 saturated heterocycles. The molecule has 0 aliphatic heterocycles. The summed E-state index contributed by atoms with van der Waals surface area (Å²) in [5, 5.41) is 0. The Bertz CT molecular complexity index is 315. The van der Waals surface area contributed by atoms with E-state index in [0.29, 0.717) is 12.0 Å². The van der Waals surface area contributed by atoms with E-state index in [9.17, 15) is 0 Å². The molecule has 2 unspecified atom stereocenters. The summed E-state index contributed by atoms with van der Waals surface area (Å²) in [5.74, 6) is 0.542. The van der Waals surface area contributed by atoms with Gasteiger partial charge in [0, 0.05) is 16.4 Å². The second-order valence-corrected chi connectivity index (χ2v) is 5.29. The maximum atomic E-state index is 6.00. The lowest BCUT2D eigenvalue weighted by atomic mass is 10.0. The fourth-order valence-corrected chi connectivity index (χ4v) is 2.25. The van der Waals surface area contributed by atoms with Crippen LogP contribution >= 0.6 is 15.9 Å². The molecule has 2 heteroatoms. The summed E-state index contributed by atoms with van der Waals surface area (Å²) < 4.78 is 1.13. The van der Waals surface area contributed by atoms with Crippen molar-refractivity contribution in [2.75, 3.05) is 0 Å². The van der Waals surface area contributed by atoms with Crippen LogP contribution in [0.1, 0.15) is 25.3 Å². The van der Waals surface area contributed by atoms with Gasteiger partial charge in [0.2, 0.25) is 0 Å². The van der Waals surface area contributed by atoms with Crippen molar-refractivity contribution >= 4 is 15.9 Å². The standard InChI is InChI=1S/C11H14BrN/c1-11(2)9(10(11)13)7-3-5-8(12)6-4-7/h3-6,9-10H,13H2,1-2H3. The summed E-state index contributed by atoms with van der Waals surface area (Å²) >= 11 is 3.43. The zero-order valence-electron chi connectivity index (χ0n) is 7.92. The summed E-state index contributed by atoms with van der Waals surface area (Å²) in [6.45, 7) is 4.45. The molecule has 1 fully saturated rings. The van der Waals surface area contributed by atoms with Gasteiger partial charge in [-0.3, -0.25) is 0 Å². The Labute approximate surface area is 87.5 Å². The summed E-state index contributed by atoms with van der Waals surface area (Å²) in [5.41, 5.74) is 7.65. The highest BCUT2D eigenvalue weighted by Gasteiger charge is 2.55. The molecular formula is C11H14BrN. The molecule has 1 saturated carbocycles. The molecule has 0 heterocycles. The Kier molecular flexibility index (Phi) is 2.00. The molecule has 0 radical (unpaired) electrons. The van der Waals surface area contributed by atoms with Gasteiger partial charge in [0.15, 0.2) is 0 Å². The lowest BCUT2D eigenvalue weighted by Gasteiger charge is -2.02. The first-order chi connectivity index (χ1) is 6.03. The first kappa shape index (κ1) is 9.22. The van der Waals surface area contributed by atoms with Crippen LogP contribution in [0.25, 0.3) is 0 Å². The Balaban J connectivity index is 2.25. The highest BCUT2D eigenvalue weighted by Crippen LogP contribution is 2.57. The Morgan fingerprint density at radius 3 is 2.08 bits per heavy atom. The van der Waals surface area contributed by atoms with Gasteiger partial charge in [0.1, 0.15) is 0 Å². The molecule has 1 aliphatic carbocycles. The molecular weight excluding hydrogens is 226 g/mol. The van der Waals surface area contributed by atoms with E-state index in [1.54, 1.807) is 0 Å². The lowest BCUT2D eigenvalue weighted by Crippen LogP contribution is -2.06. The minimum Gasteiger partial charge on any atom is -0.327 e. The normalized spacial score (nSPS) is 30.2. The summed E-state index contributed by atoms with van der Waals surface area (Å²) in [6.07, 6.45) is 0. The highest BCUT2D eigenvalue weighted by molar-refractivity contribution is 9.10. The number of rotatable bonds is 1. The number of hydrogen-bond donors (Lipinski definition) is 1. The molecule has 1 aliphatic rings. The Morgan fingerprint density at radius 2 is 1.69 bits per heavy atom. The zero-order chi connectivity index (χ0) is 9.64. The Hall–Kier alpha value is -0.340. The molecule has 0 spiro atoms. The van der Waals surface area contributed by atoms with Gasteiger partial charge >= 0.3 is 0 Å². The number of hydrogen-bond acceptors (Lipinski definition) is 1. The van der Waals surface area contributed by atoms with Crippen molar-refractivity contribution < 1.29 is 0 Å². The third kappa shape index (κ3) is 1.42. The maximum absolute atomic E-state index is 6.00. The zero-order valence-corrected chi connectivity index (χ0v) is 9.51. The third-order valence-electron chi connectivity index (χ3n) is 3.14. The van der Waals surface area contributed by atoms with Gasteiger partial charge in [-0.2, -0.15) is 0 Å². The molecule has 70 valence electrons. The topological polar surface area (TPSA) is 26.0 Å². The molecule has 0 bridgehead atoms. The van der Waals surface area contributed by atoms with E-state index in [1.807, 2.05) is 0 Å². The average molecular weight is 240 g/mol. The van der Waals surface area contributed by atoms with Gasteiger partial charge in [-0.15, -0.1) is 0 Å². The van der Waals surface area contributed by atoms with Crippen molar-refractivity contribution in [3.05, 3.63) is 34.3 Å². The fraction of sp³-hybridized carbons (Fsp3) is 0.455. The number of nitrogens with two attached hydrogens (primary N) is 1. The molecule has 13 heavy (non-hydrogen) atoms. The van der Waals surface area contributed by atoms with E-state index in [0.717, 1.165) is 4.47 Å². The summed E-state index contributed by atoms with van der Waals surface area (Å²) in [4.78, 5) is 0. The van der Waals surface area contributed by atoms with Crippen molar-refractivity contribution in [1.29, 1.82) is 0 Å². The minimum absolute atomic E-state index is 0.286. The van der Waals surface area contributed by atoms with E-state index < -0.39 is 0 Å². The highest BCUT2D eigenvalue weighted by atomic mass is 79.9. The molecule has 1 aromatic carbocycles. The van der Waals surface area contributed by atoms with E-state index >= 15 is 0 Å². The summed E-state index contributed by atoms with van der Waals surface area (Å²) in [6, 6.07) is 8.80. The summed E-state index contributed by atoms with van der Waals surface area (Å²) in [7, 11) is 0. The van der Waals surface area contributed by atoms with Crippen molar-refractivity contribution in [3.63, 3.8) is 0 Å². The minimum atomic E-state index is 0.286. The molecule has 2 atom stereocenters. The smallest absolute Gasteiger partial charge is 0.0175 e. The number of benzene rings is 1. The van der Waals surface area contributed by atoms with Crippen LogP contribution in [-0.2, 0) is 0 Å². The van der Waals surface area contributed by atoms with E-state index in [-0.39, 0.29) is 5.41 Å². The molecule has 1 nitrogen and oxygen atoms in total. The van der Waals surface area contributed by atoms with Gasteiger partial charge in [0.05, 0.1) is 0 Å².